The summed E-state index contributed by atoms with van der Waals surface area (Å²) in [7, 11) is 0. The van der Waals surface area contributed by atoms with E-state index in [0.717, 1.165) is 64.2 Å². The Kier molecular flexibility index (Phi) is 3.69. The average molecular weight is 292 g/mol. The summed E-state index contributed by atoms with van der Waals surface area (Å²) in [4.78, 5) is 9.59. The lowest BCUT2D eigenvalue weighted by molar-refractivity contribution is 0.00781. The van der Waals surface area contributed by atoms with Crippen molar-refractivity contribution in [1.29, 1.82) is 0 Å². The maximum absolute atomic E-state index is 10.3. The molecule has 5 rings (SSSR count). The third kappa shape index (κ3) is 2.60. The van der Waals surface area contributed by atoms with Gasteiger partial charge in [0.05, 0.1) is 18.1 Å². The van der Waals surface area contributed by atoms with Gasteiger partial charge in [-0.15, -0.1) is 0 Å². The molecule has 2 bridgehead atoms. The first-order chi connectivity index (χ1) is 10.3. The minimum absolute atomic E-state index is 0.0323. The fourth-order valence-electron chi connectivity index (χ4n) is 3.97. The van der Waals surface area contributed by atoms with E-state index in [1.165, 1.54) is 6.42 Å². The molecule has 116 valence electrons. The van der Waals surface area contributed by atoms with Gasteiger partial charge in [0.15, 0.2) is 5.82 Å². The van der Waals surface area contributed by atoms with Crippen LogP contribution in [0.3, 0.4) is 0 Å². The lowest BCUT2D eigenvalue weighted by Crippen LogP contribution is -2.57. The van der Waals surface area contributed by atoms with Crippen molar-refractivity contribution in [3.05, 3.63) is 11.7 Å². The second-order valence-corrected chi connectivity index (χ2v) is 6.66. The molecule has 3 saturated heterocycles. The van der Waals surface area contributed by atoms with Crippen LogP contribution in [0.15, 0.2) is 4.52 Å². The van der Waals surface area contributed by atoms with Crippen LogP contribution in [0.5, 0.6) is 0 Å². The Morgan fingerprint density at radius 3 is 2.62 bits per heavy atom. The van der Waals surface area contributed by atoms with Crippen molar-refractivity contribution < 1.29 is 9.63 Å². The van der Waals surface area contributed by atoms with Gasteiger partial charge in [-0.2, -0.15) is 4.98 Å². The van der Waals surface area contributed by atoms with E-state index in [4.69, 9.17) is 4.52 Å². The van der Waals surface area contributed by atoms with Crippen molar-refractivity contribution in [3.63, 3.8) is 0 Å². The van der Waals surface area contributed by atoms with E-state index in [2.05, 4.69) is 19.9 Å². The molecule has 1 aromatic rings. The van der Waals surface area contributed by atoms with E-state index in [1.807, 2.05) is 0 Å². The molecule has 0 amide bonds. The average Bonchev–Trinajstić information content (AvgIpc) is 2.91. The molecular formula is C15H24N4O2. The Morgan fingerprint density at radius 1 is 1.05 bits per heavy atom. The molecule has 0 radical (unpaired) electrons. The number of fused-ring (bicyclic) bond motifs is 3. The summed E-state index contributed by atoms with van der Waals surface area (Å²) < 4.78 is 5.52. The second kappa shape index (κ2) is 5.66. The van der Waals surface area contributed by atoms with E-state index in [1.54, 1.807) is 0 Å². The first-order valence-corrected chi connectivity index (χ1v) is 8.29. The van der Waals surface area contributed by atoms with Crippen LogP contribution in [0, 0.1) is 0 Å². The molecular weight excluding hydrogens is 268 g/mol. The summed E-state index contributed by atoms with van der Waals surface area (Å²) in [6.07, 6.45) is 4.93. The molecule has 1 saturated carbocycles. The maximum Gasteiger partial charge on any atom is 0.232 e. The Morgan fingerprint density at radius 2 is 1.86 bits per heavy atom. The highest BCUT2D eigenvalue weighted by molar-refractivity contribution is 5.05. The first kappa shape index (κ1) is 13.7. The van der Waals surface area contributed by atoms with Crippen LogP contribution in [-0.4, -0.2) is 63.9 Å². The molecule has 3 aliphatic heterocycles. The number of rotatable bonds is 2. The summed E-state index contributed by atoms with van der Waals surface area (Å²) in [6.45, 7) is 5.51. The summed E-state index contributed by atoms with van der Waals surface area (Å²) in [5, 5.41) is 14.5. The molecule has 3 unspecified atom stereocenters. The molecule has 3 atom stereocenters. The van der Waals surface area contributed by atoms with Crippen molar-refractivity contribution in [2.75, 3.05) is 32.7 Å². The molecule has 21 heavy (non-hydrogen) atoms. The lowest BCUT2D eigenvalue weighted by Gasteiger charge is -2.46. The number of aliphatic hydroxyl groups excluding tert-OH is 1. The van der Waals surface area contributed by atoms with Gasteiger partial charge in [0.1, 0.15) is 0 Å². The largest absolute Gasteiger partial charge is 0.392 e. The Bertz CT molecular complexity index is 467. The van der Waals surface area contributed by atoms with Gasteiger partial charge >= 0.3 is 0 Å². The van der Waals surface area contributed by atoms with Crippen molar-refractivity contribution in [2.45, 2.75) is 50.2 Å². The van der Waals surface area contributed by atoms with Crippen LogP contribution >= 0.6 is 0 Å². The molecule has 1 aromatic heterocycles. The number of hydrogen-bond donors (Lipinski definition) is 1. The van der Waals surface area contributed by atoms with Crippen molar-refractivity contribution in [1.82, 2.24) is 19.9 Å². The molecule has 1 N–H and O–H groups in total. The van der Waals surface area contributed by atoms with Crippen LogP contribution in [0.2, 0.25) is 0 Å². The van der Waals surface area contributed by atoms with Crippen molar-refractivity contribution in [3.8, 4) is 0 Å². The molecule has 6 nitrogen and oxygen atoms in total. The Hall–Kier alpha value is -0.980. The first-order valence-electron chi connectivity index (χ1n) is 8.29. The predicted molar refractivity (Wildman–Crippen MR) is 76.9 cm³/mol. The van der Waals surface area contributed by atoms with E-state index in [9.17, 15) is 5.11 Å². The smallest absolute Gasteiger partial charge is 0.232 e. The Labute approximate surface area is 125 Å². The van der Waals surface area contributed by atoms with E-state index >= 15 is 0 Å². The summed E-state index contributed by atoms with van der Waals surface area (Å²) >= 11 is 0. The van der Waals surface area contributed by atoms with E-state index < -0.39 is 0 Å². The highest BCUT2D eigenvalue weighted by Gasteiger charge is 2.37. The fraction of sp³-hybridized carbons (Fsp3) is 0.867. The number of nitrogens with zero attached hydrogens (tertiary/aromatic N) is 4. The van der Waals surface area contributed by atoms with Crippen molar-refractivity contribution >= 4 is 0 Å². The summed E-state index contributed by atoms with van der Waals surface area (Å²) in [5.41, 5.74) is 0. The van der Waals surface area contributed by atoms with Gasteiger partial charge in [0.2, 0.25) is 5.89 Å². The fourth-order valence-corrected chi connectivity index (χ4v) is 3.97. The number of hydrogen-bond acceptors (Lipinski definition) is 6. The van der Waals surface area contributed by atoms with Gasteiger partial charge in [0, 0.05) is 32.7 Å². The normalized spacial score (nSPS) is 40.1. The SMILES string of the molecule is OC1CCCCCC1c1nc(C2CN3CCN2CC3)no1. The Balaban J connectivity index is 1.52. The minimum atomic E-state index is -0.326. The van der Waals surface area contributed by atoms with E-state index in [0.29, 0.717) is 5.89 Å². The lowest BCUT2D eigenvalue weighted by atomic mass is 9.97. The highest BCUT2D eigenvalue weighted by atomic mass is 16.5. The van der Waals surface area contributed by atoms with Gasteiger partial charge in [-0.3, -0.25) is 9.80 Å². The molecule has 1 aliphatic carbocycles. The van der Waals surface area contributed by atoms with E-state index in [-0.39, 0.29) is 18.1 Å². The standard InChI is InChI=1S/C15H24N4O2/c20-13-5-3-1-2-4-11(13)15-16-14(17-21-15)12-10-18-6-8-19(12)9-7-18/h11-13,20H,1-10H2. The zero-order chi connectivity index (χ0) is 14.2. The topological polar surface area (TPSA) is 65.6 Å². The van der Waals surface area contributed by atoms with Crippen LogP contribution in [0.1, 0.15) is 55.8 Å². The molecule has 4 heterocycles. The van der Waals surface area contributed by atoms with Gasteiger partial charge in [-0.1, -0.05) is 24.4 Å². The van der Waals surface area contributed by atoms with Gasteiger partial charge < -0.3 is 9.63 Å². The number of aromatic nitrogens is 2. The highest BCUT2D eigenvalue weighted by Crippen LogP contribution is 2.33. The second-order valence-electron chi connectivity index (χ2n) is 6.66. The zero-order valence-corrected chi connectivity index (χ0v) is 12.4. The molecule has 4 fully saturated rings. The number of piperazine rings is 3. The van der Waals surface area contributed by atoms with Crippen LogP contribution < -0.4 is 0 Å². The van der Waals surface area contributed by atoms with Crippen LogP contribution in [0.4, 0.5) is 0 Å². The van der Waals surface area contributed by atoms with Crippen LogP contribution in [0.25, 0.3) is 0 Å². The zero-order valence-electron chi connectivity index (χ0n) is 12.4. The maximum atomic E-state index is 10.3. The number of aliphatic hydroxyl groups is 1. The molecule has 0 aromatic carbocycles. The molecule has 6 heteroatoms. The quantitative estimate of drug-likeness (QED) is 0.825. The van der Waals surface area contributed by atoms with Crippen molar-refractivity contribution in [2.24, 2.45) is 0 Å². The summed E-state index contributed by atoms with van der Waals surface area (Å²) in [6, 6.07) is 0.271. The van der Waals surface area contributed by atoms with Crippen LogP contribution in [-0.2, 0) is 0 Å². The minimum Gasteiger partial charge on any atom is -0.392 e. The molecule has 4 aliphatic rings. The summed E-state index contributed by atoms with van der Waals surface area (Å²) in [5.74, 6) is 1.49. The van der Waals surface area contributed by atoms with Gasteiger partial charge in [-0.05, 0) is 12.8 Å². The van der Waals surface area contributed by atoms with Gasteiger partial charge in [0.25, 0.3) is 0 Å². The predicted octanol–water partition coefficient (Wildman–Crippen LogP) is 1.15. The third-order valence-electron chi connectivity index (χ3n) is 5.33. The third-order valence-corrected chi connectivity index (χ3v) is 5.33. The molecule has 0 spiro atoms. The van der Waals surface area contributed by atoms with Gasteiger partial charge in [-0.25, -0.2) is 0 Å². The monoisotopic (exact) mass is 292 g/mol.